The minimum absolute atomic E-state index is 0.710. The lowest BCUT2D eigenvalue weighted by molar-refractivity contribution is 0.306. The van der Waals surface area contributed by atoms with E-state index in [0.717, 1.165) is 44.8 Å². The van der Waals surface area contributed by atoms with Crippen LogP contribution in [0.25, 0.3) is 0 Å². The molecule has 2 aliphatic rings. The fraction of sp³-hybridized carbons (Fsp3) is 0.350. The fourth-order valence-electron chi connectivity index (χ4n) is 3.56. The Hall–Kier alpha value is -2.51. The fourth-order valence-corrected chi connectivity index (χ4v) is 3.56. The largest absolute Gasteiger partial charge is 0.490 e. The third kappa shape index (κ3) is 2.95. The topological polar surface area (TPSA) is 48.3 Å². The normalized spacial score (nSPS) is 16.4. The summed E-state index contributed by atoms with van der Waals surface area (Å²) in [6.45, 7) is 4.47. The van der Waals surface area contributed by atoms with Crippen molar-refractivity contribution in [2.75, 3.05) is 31.1 Å². The van der Waals surface area contributed by atoms with Gasteiger partial charge in [0, 0.05) is 6.54 Å². The molecule has 122 valence electrons. The van der Waals surface area contributed by atoms with Gasteiger partial charge < -0.3 is 15.0 Å². The van der Waals surface area contributed by atoms with Crippen molar-refractivity contribution in [3.05, 3.63) is 58.7 Å². The van der Waals surface area contributed by atoms with E-state index in [1.165, 1.54) is 22.4 Å². The summed E-state index contributed by atoms with van der Waals surface area (Å²) in [4.78, 5) is 2.37. The van der Waals surface area contributed by atoms with Crippen LogP contribution in [0.5, 0.6) is 5.75 Å². The number of anilines is 1. The molecule has 0 spiro atoms. The third-order valence-electron chi connectivity index (χ3n) is 4.81. The number of ether oxygens (including phenoxy) is 1. The number of nitriles is 1. The van der Waals surface area contributed by atoms with Crippen LogP contribution in [-0.4, -0.2) is 26.2 Å². The summed E-state index contributed by atoms with van der Waals surface area (Å²) >= 11 is 0. The standard InChI is InChI=1S/C20H21N3O/c21-13-15-2-1-3-16(10-15)14-23-8-9-24-20-12-18-5-7-22-6-4-17(18)11-19(20)23/h1-3,10-12,22H,4-9,14H2. The van der Waals surface area contributed by atoms with Gasteiger partial charge in [-0.05, 0) is 66.9 Å². The Balaban J connectivity index is 1.65. The summed E-state index contributed by atoms with van der Waals surface area (Å²) in [6, 6.07) is 14.6. The lowest BCUT2D eigenvalue weighted by atomic mass is 10.00. The van der Waals surface area contributed by atoms with E-state index >= 15 is 0 Å². The Morgan fingerprint density at radius 2 is 1.96 bits per heavy atom. The van der Waals surface area contributed by atoms with E-state index in [-0.39, 0.29) is 0 Å². The van der Waals surface area contributed by atoms with Crippen LogP contribution in [0.1, 0.15) is 22.3 Å². The molecule has 0 radical (unpaired) electrons. The first-order chi connectivity index (χ1) is 11.8. The van der Waals surface area contributed by atoms with Crippen LogP contribution in [0.15, 0.2) is 36.4 Å². The molecule has 0 amide bonds. The summed E-state index contributed by atoms with van der Waals surface area (Å²) in [5.74, 6) is 0.998. The van der Waals surface area contributed by atoms with Crippen molar-refractivity contribution in [2.45, 2.75) is 19.4 Å². The summed E-state index contributed by atoms with van der Waals surface area (Å²) in [5.41, 5.74) is 5.91. The average molecular weight is 319 g/mol. The highest BCUT2D eigenvalue weighted by atomic mass is 16.5. The van der Waals surface area contributed by atoms with Crippen molar-refractivity contribution in [2.24, 2.45) is 0 Å². The number of fused-ring (bicyclic) bond motifs is 2. The maximum absolute atomic E-state index is 9.10. The van der Waals surface area contributed by atoms with E-state index in [9.17, 15) is 0 Å². The van der Waals surface area contributed by atoms with E-state index < -0.39 is 0 Å². The SMILES string of the molecule is N#Cc1cccc(CN2CCOc3cc4c(cc32)CCNCC4)c1. The Kier molecular flexibility index (Phi) is 4.10. The van der Waals surface area contributed by atoms with Crippen LogP contribution in [0.4, 0.5) is 5.69 Å². The number of nitrogens with one attached hydrogen (secondary N) is 1. The summed E-state index contributed by atoms with van der Waals surface area (Å²) in [5, 5.41) is 12.6. The third-order valence-corrected chi connectivity index (χ3v) is 4.81. The molecule has 4 heteroatoms. The van der Waals surface area contributed by atoms with Gasteiger partial charge in [0.15, 0.2) is 0 Å². The second kappa shape index (κ2) is 6.54. The van der Waals surface area contributed by atoms with Gasteiger partial charge in [0.05, 0.1) is 23.9 Å². The van der Waals surface area contributed by atoms with Crippen LogP contribution < -0.4 is 15.0 Å². The van der Waals surface area contributed by atoms with Gasteiger partial charge in [-0.1, -0.05) is 12.1 Å². The van der Waals surface area contributed by atoms with Crippen LogP contribution in [0.2, 0.25) is 0 Å². The molecule has 4 nitrogen and oxygen atoms in total. The highest BCUT2D eigenvalue weighted by Gasteiger charge is 2.21. The van der Waals surface area contributed by atoms with Crippen molar-refractivity contribution in [1.82, 2.24) is 5.32 Å². The smallest absolute Gasteiger partial charge is 0.142 e. The lowest BCUT2D eigenvalue weighted by Crippen LogP contribution is -2.32. The van der Waals surface area contributed by atoms with Gasteiger partial charge in [0.2, 0.25) is 0 Å². The first-order valence-electron chi connectivity index (χ1n) is 8.57. The first-order valence-corrected chi connectivity index (χ1v) is 8.57. The van der Waals surface area contributed by atoms with Gasteiger partial charge in [-0.25, -0.2) is 0 Å². The summed E-state index contributed by atoms with van der Waals surface area (Å²) in [6.07, 6.45) is 2.14. The second-order valence-electron chi connectivity index (χ2n) is 6.42. The number of hydrogen-bond acceptors (Lipinski definition) is 4. The molecule has 2 aromatic carbocycles. The lowest BCUT2D eigenvalue weighted by Gasteiger charge is -2.32. The number of rotatable bonds is 2. The average Bonchev–Trinajstić information content (AvgIpc) is 2.85. The predicted molar refractivity (Wildman–Crippen MR) is 94.4 cm³/mol. The van der Waals surface area contributed by atoms with E-state index in [4.69, 9.17) is 10.00 Å². The van der Waals surface area contributed by atoms with Crippen molar-refractivity contribution in [3.63, 3.8) is 0 Å². The summed E-state index contributed by atoms with van der Waals surface area (Å²) in [7, 11) is 0. The molecule has 1 N–H and O–H groups in total. The van der Waals surface area contributed by atoms with Crippen LogP contribution in [0, 0.1) is 11.3 Å². The zero-order valence-corrected chi connectivity index (χ0v) is 13.7. The first kappa shape index (κ1) is 15.0. The van der Waals surface area contributed by atoms with Crippen molar-refractivity contribution in [3.8, 4) is 11.8 Å². The Morgan fingerprint density at radius 1 is 1.12 bits per heavy atom. The van der Waals surface area contributed by atoms with Gasteiger partial charge in [0.1, 0.15) is 12.4 Å². The van der Waals surface area contributed by atoms with E-state index in [2.05, 4.69) is 34.5 Å². The van der Waals surface area contributed by atoms with Gasteiger partial charge in [-0.2, -0.15) is 5.26 Å². The van der Waals surface area contributed by atoms with Crippen LogP contribution in [-0.2, 0) is 19.4 Å². The maximum atomic E-state index is 9.10. The Labute approximate surface area is 142 Å². The molecule has 0 bridgehead atoms. The Morgan fingerprint density at radius 3 is 2.79 bits per heavy atom. The van der Waals surface area contributed by atoms with Gasteiger partial charge in [-0.15, -0.1) is 0 Å². The van der Waals surface area contributed by atoms with Crippen molar-refractivity contribution >= 4 is 5.69 Å². The van der Waals surface area contributed by atoms with E-state index in [0.29, 0.717) is 12.2 Å². The van der Waals surface area contributed by atoms with E-state index in [1.54, 1.807) is 0 Å². The molecule has 0 aromatic heterocycles. The molecular formula is C20H21N3O. The highest BCUT2D eigenvalue weighted by Crippen LogP contribution is 2.36. The van der Waals surface area contributed by atoms with Gasteiger partial charge in [0.25, 0.3) is 0 Å². The molecule has 0 fully saturated rings. The van der Waals surface area contributed by atoms with Crippen molar-refractivity contribution < 1.29 is 4.74 Å². The molecule has 0 aliphatic carbocycles. The van der Waals surface area contributed by atoms with Crippen LogP contribution in [0.3, 0.4) is 0 Å². The molecule has 2 aliphatic heterocycles. The van der Waals surface area contributed by atoms with Crippen molar-refractivity contribution in [1.29, 1.82) is 5.26 Å². The molecule has 24 heavy (non-hydrogen) atoms. The monoisotopic (exact) mass is 319 g/mol. The molecule has 0 unspecified atom stereocenters. The maximum Gasteiger partial charge on any atom is 0.142 e. The zero-order valence-electron chi connectivity index (χ0n) is 13.7. The number of hydrogen-bond donors (Lipinski definition) is 1. The molecule has 0 saturated heterocycles. The molecule has 2 aromatic rings. The van der Waals surface area contributed by atoms with E-state index in [1.807, 2.05) is 18.2 Å². The second-order valence-corrected chi connectivity index (χ2v) is 6.42. The van der Waals surface area contributed by atoms with Gasteiger partial charge in [-0.3, -0.25) is 0 Å². The minimum Gasteiger partial charge on any atom is -0.490 e. The highest BCUT2D eigenvalue weighted by molar-refractivity contribution is 5.64. The molecule has 2 heterocycles. The Bertz CT molecular complexity index is 794. The molecule has 0 atom stereocenters. The van der Waals surface area contributed by atoms with Crippen LogP contribution >= 0.6 is 0 Å². The van der Waals surface area contributed by atoms with Gasteiger partial charge >= 0.3 is 0 Å². The molecular weight excluding hydrogens is 298 g/mol. The molecule has 0 saturated carbocycles. The summed E-state index contributed by atoms with van der Waals surface area (Å²) < 4.78 is 5.93. The number of nitrogens with zero attached hydrogens (tertiary/aromatic N) is 2. The zero-order chi connectivity index (χ0) is 16.4. The predicted octanol–water partition coefficient (Wildman–Crippen LogP) is 2.65. The number of benzene rings is 2. The quantitative estimate of drug-likeness (QED) is 0.924. The minimum atomic E-state index is 0.710. The molecule has 4 rings (SSSR count).